The molecule has 0 aromatic carbocycles. The van der Waals surface area contributed by atoms with Gasteiger partial charge in [0.1, 0.15) is 0 Å². The molecule has 2 aliphatic heterocycles. The maximum absolute atomic E-state index is 3.81. The second kappa shape index (κ2) is 7.00. The predicted molar refractivity (Wildman–Crippen MR) is 90.6 cm³/mol. The average Bonchev–Trinajstić information content (AvgIpc) is 2.94. The van der Waals surface area contributed by atoms with E-state index in [2.05, 4.69) is 24.1 Å². The fourth-order valence-corrected chi connectivity index (χ4v) is 5.39. The van der Waals surface area contributed by atoms with Crippen molar-refractivity contribution < 1.29 is 0 Å². The number of rotatable bonds is 6. The molecule has 122 valence electrons. The van der Waals surface area contributed by atoms with Crippen LogP contribution in [-0.2, 0) is 0 Å². The normalized spacial score (nSPS) is 36.0. The van der Waals surface area contributed by atoms with Crippen LogP contribution in [0.25, 0.3) is 0 Å². The van der Waals surface area contributed by atoms with Gasteiger partial charge in [0.25, 0.3) is 0 Å². The summed E-state index contributed by atoms with van der Waals surface area (Å²) in [5, 5.41) is 3.81. The van der Waals surface area contributed by atoms with E-state index in [9.17, 15) is 0 Å². The van der Waals surface area contributed by atoms with Crippen LogP contribution >= 0.6 is 0 Å². The van der Waals surface area contributed by atoms with Crippen LogP contribution in [-0.4, -0.2) is 36.1 Å². The van der Waals surface area contributed by atoms with Crippen molar-refractivity contribution in [2.24, 2.45) is 5.41 Å². The number of nitrogens with one attached hydrogen (secondary N) is 1. The number of fused-ring (bicyclic) bond motifs is 2. The van der Waals surface area contributed by atoms with E-state index in [0.29, 0.717) is 5.41 Å². The fraction of sp³-hybridized carbons (Fsp3) is 1.00. The Hall–Kier alpha value is -0.0800. The highest BCUT2D eigenvalue weighted by Gasteiger charge is 2.42. The number of hydrogen-bond acceptors (Lipinski definition) is 2. The lowest BCUT2D eigenvalue weighted by Crippen LogP contribution is -2.58. The second-order valence-corrected chi connectivity index (χ2v) is 8.09. The van der Waals surface area contributed by atoms with Crippen LogP contribution in [0.5, 0.6) is 0 Å². The lowest BCUT2D eigenvalue weighted by atomic mass is 9.77. The molecule has 2 bridgehead atoms. The Balaban J connectivity index is 1.63. The molecule has 0 amide bonds. The van der Waals surface area contributed by atoms with Crippen molar-refractivity contribution in [3.8, 4) is 0 Å². The summed E-state index contributed by atoms with van der Waals surface area (Å²) in [7, 11) is 0. The van der Waals surface area contributed by atoms with Gasteiger partial charge in [-0.25, -0.2) is 0 Å². The Bertz CT molecular complexity index is 308. The van der Waals surface area contributed by atoms with Gasteiger partial charge in [-0.3, -0.25) is 4.90 Å². The third-order valence-corrected chi connectivity index (χ3v) is 6.74. The highest BCUT2D eigenvalue weighted by Crippen LogP contribution is 2.45. The van der Waals surface area contributed by atoms with E-state index in [1.807, 2.05) is 0 Å². The Morgan fingerprint density at radius 1 is 1.00 bits per heavy atom. The van der Waals surface area contributed by atoms with Crippen LogP contribution in [0, 0.1) is 5.41 Å². The maximum Gasteiger partial charge on any atom is 0.0113 e. The molecule has 3 fully saturated rings. The Morgan fingerprint density at radius 3 is 2.24 bits per heavy atom. The molecule has 2 heteroatoms. The summed E-state index contributed by atoms with van der Waals surface area (Å²) in [5.41, 5.74) is 0.678. The second-order valence-electron chi connectivity index (χ2n) is 8.09. The molecule has 2 nitrogen and oxygen atoms in total. The molecule has 0 radical (unpaired) electrons. The summed E-state index contributed by atoms with van der Waals surface area (Å²) in [5.74, 6) is 0. The predicted octanol–water partition coefficient (Wildman–Crippen LogP) is 4.34. The summed E-state index contributed by atoms with van der Waals surface area (Å²) < 4.78 is 0. The highest BCUT2D eigenvalue weighted by molar-refractivity contribution is 4.98. The first kappa shape index (κ1) is 15.8. The SMILES string of the molecule is CCCNC1CC2CCCC(C1)N2CC1(CC)CCCC1. The molecule has 21 heavy (non-hydrogen) atoms. The first-order valence-electron chi connectivity index (χ1n) is 9.75. The zero-order valence-corrected chi connectivity index (χ0v) is 14.4. The van der Waals surface area contributed by atoms with Crippen LogP contribution in [0.3, 0.4) is 0 Å². The van der Waals surface area contributed by atoms with E-state index in [4.69, 9.17) is 0 Å². The monoisotopic (exact) mass is 292 g/mol. The molecule has 2 heterocycles. The third kappa shape index (κ3) is 3.47. The van der Waals surface area contributed by atoms with Crippen LogP contribution in [0.4, 0.5) is 0 Å². The van der Waals surface area contributed by atoms with Gasteiger partial charge in [-0.1, -0.05) is 33.1 Å². The minimum atomic E-state index is 0.678. The molecule has 2 atom stereocenters. The number of nitrogens with zero attached hydrogens (tertiary/aromatic N) is 1. The first-order chi connectivity index (χ1) is 10.3. The smallest absolute Gasteiger partial charge is 0.0113 e. The topological polar surface area (TPSA) is 15.3 Å². The average molecular weight is 293 g/mol. The van der Waals surface area contributed by atoms with Crippen molar-refractivity contribution in [2.75, 3.05) is 13.1 Å². The lowest BCUT2D eigenvalue weighted by Gasteiger charge is -2.52. The zero-order chi connectivity index (χ0) is 14.7. The van der Waals surface area contributed by atoms with E-state index in [0.717, 1.165) is 18.1 Å². The van der Waals surface area contributed by atoms with E-state index in [-0.39, 0.29) is 0 Å². The molecular formula is C19H36N2. The summed E-state index contributed by atoms with van der Waals surface area (Å²) in [4.78, 5) is 2.97. The summed E-state index contributed by atoms with van der Waals surface area (Å²) in [6, 6.07) is 2.57. The van der Waals surface area contributed by atoms with E-state index in [1.165, 1.54) is 83.7 Å². The van der Waals surface area contributed by atoms with E-state index >= 15 is 0 Å². The molecule has 3 aliphatic rings. The van der Waals surface area contributed by atoms with Crippen molar-refractivity contribution in [1.29, 1.82) is 0 Å². The summed E-state index contributed by atoms with van der Waals surface area (Å²) in [6.07, 6.45) is 15.9. The lowest BCUT2D eigenvalue weighted by molar-refractivity contribution is -0.00985. The summed E-state index contributed by atoms with van der Waals surface area (Å²) in [6.45, 7) is 7.35. The van der Waals surface area contributed by atoms with Gasteiger partial charge in [-0.05, 0) is 63.3 Å². The van der Waals surface area contributed by atoms with Gasteiger partial charge in [-0.2, -0.15) is 0 Å². The van der Waals surface area contributed by atoms with Crippen molar-refractivity contribution >= 4 is 0 Å². The highest BCUT2D eigenvalue weighted by atomic mass is 15.2. The van der Waals surface area contributed by atoms with Crippen LogP contribution < -0.4 is 5.32 Å². The zero-order valence-electron chi connectivity index (χ0n) is 14.4. The minimum Gasteiger partial charge on any atom is -0.314 e. The molecule has 2 unspecified atom stereocenters. The number of piperidine rings is 2. The largest absolute Gasteiger partial charge is 0.314 e. The van der Waals surface area contributed by atoms with Crippen LogP contribution in [0.15, 0.2) is 0 Å². The molecule has 1 N–H and O–H groups in total. The van der Waals surface area contributed by atoms with Gasteiger partial charge >= 0.3 is 0 Å². The van der Waals surface area contributed by atoms with Crippen LogP contribution in [0.1, 0.15) is 84.5 Å². The van der Waals surface area contributed by atoms with Gasteiger partial charge in [-0.15, -0.1) is 0 Å². The Morgan fingerprint density at radius 2 is 1.67 bits per heavy atom. The van der Waals surface area contributed by atoms with Crippen molar-refractivity contribution in [2.45, 2.75) is 103 Å². The molecule has 0 aromatic heterocycles. The number of hydrogen-bond donors (Lipinski definition) is 1. The third-order valence-electron chi connectivity index (χ3n) is 6.74. The standard InChI is InChI=1S/C19H36N2/c1-3-12-20-16-13-17-8-7-9-18(14-16)21(17)15-19(4-2)10-5-6-11-19/h16-18,20H,3-15H2,1-2H3. The first-order valence-corrected chi connectivity index (χ1v) is 9.75. The molecule has 0 spiro atoms. The minimum absolute atomic E-state index is 0.678. The van der Waals surface area contributed by atoms with Crippen LogP contribution in [0.2, 0.25) is 0 Å². The molecule has 1 aliphatic carbocycles. The molecular weight excluding hydrogens is 256 g/mol. The van der Waals surface area contributed by atoms with Crippen molar-refractivity contribution in [1.82, 2.24) is 10.2 Å². The molecule has 2 saturated heterocycles. The van der Waals surface area contributed by atoms with E-state index in [1.54, 1.807) is 0 Å². The van der Waals surface area contributed by atoms with Gasteiger partial charge in [0.2, 0.25) is 0 Å². The van der Waals surface area contributed by atoms with Gasteiger partial charge in [0.05, 0.1) is 0 Å². The quantitative estimate of drug-likeness (QED) is 0.783. The summed E-state index contributed by atoms with van der Waals surface area (Å²) >= 11 is 0. The Labute approximate surface area is 132 Å². The van der Waals surface area contributed by atoms with Crippen molar-refractivity contribution in [3.63, 3.8) is 0 Å². The fourth-order valence-electron chi connectivity index (χ4n) is 5.39. The molecule has 3 rings (SSSR count). The van der Waals surface area contributed by atoms with Gasteiger partial charge in [0, 0.05) is 24.7 Å². The maximum atomic E-state index is 3.81. The van der Waals surface area contributed by atoms with E-state index < -0.39 is 0 Å². The molecule has 1 saturated carbocycles. The Kier molecular flexibility index (Phi) is 5.27. The van der Waals surface area contributed by atoms with Gasteiger partial charge in [0.15, 0.2) is 0 Å². The van der Waals surface area contributed by atoms with Crippen molar-refractivity contribution in [3.05, 3.63) is 0 Å². The van der Waals surface area contributed by atoms with Gasteiger partial charge < -0.3 is 5.32 Å². The molecule has 0 aromatic rings.